The van der Waals surface area contributed by atoms with Crippen LogP contribution in [0.4, 0.5) is 4.79 Å². The highest BCUT2D eigenvalue weighted by Crippen LogP contribution is 2.24. The van der Waals surface area contributed by atoms with Crippen LogP contribution in [0.5, 0.6) is 0 Å². The SMILES string of the molecule is Cc1cc(C)cc(C(=O)N2CCN(C(=O)N(C)C)CC2(C)C)c1. The van der Waals surface area contributed by atoms with E-state index in [9.17, 15) is 9.59 Å². The lowest BCUT2D eigenvalue weighted by Gasteiger charge is -2.47. The molecule has 0 spiro atoms. The molecular weight excluding hydrogens is 290 g/mol. The van der Waals surface area contributed by atoms with Gasteiger partial charge in [0.2, 0.25) is 0 Å². The Bertz CT molecular complexity index is 602. The van der Waals surface area contributed by atoms with Crippen LogP contribution in [0, 0.1) is 13.8 Å². The monoisotopic (exact) mass is 317 g/mol. The fraction of sp³-hybridized carbons (Fsp3) is 0.556. The van der Waals surface area contributed by atoms with Gasteiger partial charge in [0.1, 0.15) is 0 Å². The summed E-state index contributed by atoms with van der Waals surface area (Å²) in [7, 11) is 3.50. The number of aryl methyl sites for hydroxylation is 2. The molecule has 5 nitrogen and oxygen atoms in total. The number of benzene rings is 1. The summed E-state index contributed by atoms with van der Waals surface area (Å²) < 4.78 is 0. The molecule has 1 aliphatic rings. The lowest BCUT2D eigenvalue weighted by molar-refractivity contribution is 0.0241. The van der Waals surface area contributed by atoms with Gasteiger partial charge in [-0.15, -0.1) is 0 Å². The van der Waals surface area contributed by atoms with E-state index in [0.717, 1.165) is 16.7 Å². The van der Waals surface area contributed by atoms with Crippen molar-refractivity contribution in [3.8, 4) is 0 Å². The number of urea groups is 1. The molecule has 126 valence electrons. The average molecular weight is 317 g/mol. The minimum absolute atomic E-state index is 0.00317. The number of nitrogens with zero attached hydrogens (tertiary/aromatic N) is 3. The first-order valence-electron chi connectivity index (χ1n) is 7.98. The number of piperazine rings is 1. The Kier molecular flexibility index (Phi) is 4.68. The molecule has 0 atom stereocenters. The topological polar surface area (TPSA) is 43.9 Å². The Morgan fingerprint density at radius 2 is 1.61 bits per heavy atom. The Morgan fingerprint density at radius 3 is 2.09 bits per heavy atom. The van der Waals surface area contributed by atoms with Crippen LogP contribution >= 0.6 is 0 Å². The van der Waals surface area contributed by atoms with Crippen LogP contribution in [0.2, 0.25) is 0 Å². The van der Waals surface area contributed by atoms with Crippen LogP contribution in [0.15, 0.2) is 18.2 Å². The molecule has 5 heteroatoms. The van der Waals surface area contributed by atoms with E-state index in [0.29, 0.717) is 19.6 Å². The Morgan fingerprint density at radius 1 is 1.04 bits per heavy atom. The van der Waals surface area contributed by atoms with Crippen molar-refractivity contribution in [2.75, 3.05) is 33.7 Å². The van der Waals surface area contributed by atoms with Gasteiger partial charge in [0.25, 0.3) is 5.91 Å². The predicted molar refractivity (Wildman–Crippen MR) is 91.7 cm³/mol. The van der Waals surface area contributed by atoms with Crippen molar-refractivity contribution in [3.05, 3.63) is 34.9 Å². The lowest BCUT2D eigenvalue weighted by Crippen LogP contribution is -2.63. The molecule has 0 N–H and O–H groups in total. The third-order valence-corrected chi connectivity index (χ3v) is 4.27. The van der Waals surface area contributed by atoms with Crippen molar-refractivity contribution in [1.29, 1.82) is 0 Å². The smallest absolute Gasteiger partial charge is 0.319 e. The second-order valence-electron chi connectivity index (χ2n) is 7.24. The predicted octanol–water partition coefficient (Wildman–Crippen LogP) is 2.52. The van der Waals surface area contributed by atoms with Gasteiger partial charge < -0.3 is 14.7 Å². The quantitative estimate of drug-likeness (QED) is 0.799. The van der Waals surface area contributed by atoms with Crippen LogP contribution in [0.3, 0.4) is 0 Å². The molecule has 0 bridgehead atoms. The zero-order valence-electron chi connectivity index (χ0n) is 15.0. The lowest BCUT2D eigenvalue weighted by atomic mass is 9.96. The molecule has 1 aromatic carbocycles. The highest BCUT2D eigenvalue weighted by atomic mass is 16.2. The summed E-state index contributed by atoms with van der Waals surface area (Å²) in [6.45, 7) is 9.70. The van der Waals surface area contributed by atoms with E-state index in [1.807, 2.05) is 49.6 Å². The van der Waals surface area contributed by atoms with Crippen LogP contribution in [-0.2, 0) is 0 Å². The van der Waals surface area contributed by atoms with E-state index < -0.39 is 5.54 Å². The van der Waals surface area contributed by atoms with Crippen molar-refractivity contribution in [2.45, 2.75) is 33.2 Å². The molecular formula is C18H27N3O2. The number of carbonyl (C=O) groups is 2. The highest BCUT2D eigenvalue weighted by molar-refractivity contribution is 5.95. The van der Waals surface area contributed by atoms with Gasteiger partial charge in [0, 0.05) is 39.3 Å². The first-order valence-corrected chi connectivity index (χ1v) is 7.98. The molecule has 1 saturated heterocycles. The maximum absolute atomic E-state index is 12.9. The largest absolute Gasteiger partial charge is 0.331 e. The normalized spacial score (nSPS) is 17.1. The van der Waals surface area contributed by atoms with E-state index in [-0.39, 0.29) is 11.9 Å². The van der Waals surface area contributed by atoms with E-state index in [4.69, 9.17) is 0 Å². The number of hydrogen-bond donors (Lipinski definition) is 0. The zero-order chi connectivity index (χ0) is 17.4. The highest BCUT2D eigenvalue weighted by Gasteiger charge is 2.39. The van der Waals surface area contributed by atoms with Crippen LogP contribution in [0.25, 0.3) is 0 Å². The maximum atomic E-state index is 12.9. The summed E-state index contributed by atoms with van der Waals surface area (Å²) in [5.41, 5.74) is 2.52. The molecule has 2 rings (SSSR count). The van der Waals surface area contributed by atoms with Gasteiger partial charge in [-0.1, -0.05) is 17.2 Å². The van der Waals surface area contributed by atoms with Crippen molar-refractivity contribution in [1.82, 2.24) is 14.7 Å². The Hall–Kier alpha value is -2.04. The minimum atomic E-state index is -0.390. The van der Waals surface area contributed by atoms with Crippen LogP contribution < -0.4 is 0 Å². The molecule has 1 aromatic rings. The standard InChI is InChI=1S/C18H27N3O2/c1-13-9-14(2)11-15(10-13)16(22)21-8-7-20(12-18(21,3)4)17(23)19(5)6/h9-11H,7-8,12H2,1-6H3. The fourth-order valence-electron chi connectivity index (χ4n) is 3.23. The van der Waals surface area contributed by atoms with E-state index in [2.05, 4.69) is 6.07 Å². The van der Waals surface area contributed by atoms with Crippen molar-refractivity contribution >= 4 is 11.9 Å². The van der Waals surface area contributed by atoms with Gasteiger partial charge in [-0.05, 0) is 39.8 Å². The van der Waals surface area contributed by atoms with Crippen LogP contribution in [0.1, 0.15) is 35.3 Å². The third kappa shape index (κ3) is 3.66. The van der Waals surface area contributed by atoms with Crippen molar-refractivity contribution in [2.24, 2.45) is 0 Å². The number of carbonyl (C=O) groups excluding carboxylic acids is 2. The third-order valence-electron chi connectivity index (χ3n) is 4.27. The molecule has 0 aromatic heterocycles. The zero-order valence-corrected chi connectivity index (χ0v) is 15.0. The molecule has 0 unspecified atom stereocenters. The molecule has 3 amide bonds. The van der Waals surface area contributed by atoms with E-state index in [1.165, 1.54) is 0 Å². The average Bonchev–Trinajstić information content (AvgIpc) is 2.43. The fourth-order valence-corrected chi connectivity index (χ4v) is 3.23. The molecule has 1 heterocycles. The number of amides is 3. The minimum Gasteiger partial charge on any atom is -0.331 e. The second-order valence-corrected chi connectivity index (χ2v) is 7.24. The molecule has 0 aliphatic carbocycles. The van der Waals surface area contributed by atoms with Gasteiger partial charge in [-0.2, -0.15) is 0 Å². The summed E-state index contributed by atoms with van der Waals surface area (Å²) in [4.78, 5) is 30.4. The number of hydrogen-bond acceptors (Lipinski definition) is 2. The van der Waals surface area contributed by atoms with Gasteiger partial charge in [0.15, 0.2) is 0 Å². The van der Waals surface area contributed by atoms with Crippen molar-refractivity contribution in [3.63, 3.8) is 0 Å². The van der Waals surface area contributed by atoms with Crippen molar-refractivity contribution < 1.29 is 9.59 Å². The Labute approximate surface area is 138 Å². The van der Waals surface area contributed by atoms with Crippen LogP contribution in [-0.4, -0.2) is 65.9 Å². The number of rotatable bonds is 1. The molecule has 0 saturated carbocycles. The summed E-state index contributed by atoms with van der Waals surface area (Å²) >= 11 is 0. The molecule has 0 radical (unpaired) electrons. The summed E-state index contributed by atoms with van der Waals surface area (Å²) in [6, 6.07) is 5.93. The van der Waals surface area contributed by atoms with Gasteiger partial charge in [0.05, 0.1) is 5.54 Å². The van der Waals surface area contributed by atoms with Gasteiger partial charge in [-0.3, -0.25) is 4.79 Å². The van der Waals surface area contributed by atoms with E-state index >= 15 is 0 Å². The first-order chi connectivity index (χ1) is 10.6. The summed E-state index contributed by atoms with van der Waals surface area (Å²) in [5.74, 6) is 0.0405. The summed E-state index contributed by atoms with van der Waals surface area (Å²) in [6.07, 6.45) is 0. The first kappa shape index (κ1) is 17.3. The molecule has 1 fully saturated rings. The molecule has 23 heavy (non-hydrogen) atoms. The van der Waals surface area contributed by atoms with E-state index in [1.54, 1.807) is 19.0 Å². The maximum Gasteiger partial charge on any atom is 0.319 e. The Balaban J connectivity index is 2.21. The molecule has 1 aliphatic heterocycles. The summed E-state index contributed by atoms with van der Waals surface area (Å²) in [5, 5.41) is 0. The second kappa shape index (κ2) is 6.22. The van der Waals surface area contributed by atoms with Gasteiger partial charge in [-0.25, -0.2) is 4.79 Å². The van der Waals surface area contributed by atoms with Gasteiger partial charge >= 0.3 is 6.03 Å².